The smallest absolute Gasteiger partial charge is 0.244 e. The van der Waals surface area contributed by atoms with Crippen LogP contribution in [0.4, 0.5) is 0 Å². The second-order valence-electron chi connectivity index (χ2n) is 12.9. The molecule has 0 N–H and O–H groups in total. The molecule has 0 atom stereocenters. The van der Waals surface area contributed by atoms with E-state index in [1.54, 1.807) is 0 Å². The van der Waals surface area contributed by atoms with Crippen molar-refractivity contribution in [1.29, 1.82) is 0 Å². The van der Waals surface area contributed by atoms with E-state index in [0.717, 1.165) is 33.2 Å². The normalized spacial score (nSPS) is 13.7. The van der Waals surface area contributed by atoms with Gasteiger partial charge in [0.25, 0.3) is 0 Å². The Morgan fingerprint density at radius 1 is 0.500 bits per heavy atom. The zero-order chi connectivity index (χ0) is 28.1. The second kappa shape index (κ2) is 7.02. The number of nitrogens with zero attached hydrogens (tertiary/aromatic N) is 4. The van der Waals surface area contributed by atoms with Crippen LogP contribution in [-0.2, 0) is 10.8 Å². The van der Waals surface area contributed by atoms with Gasteiger partial charge in [0.15, 0.2) is 0 Å². The monoisotopic (exact) mass is 546 g/mol. The van der Waals surface area contributed by atoms with E-state index < -0.39 is 0 Å². The van der Waals surface area contributed by atoms with E-state index in [4.69, 9.17) is 9.05 Å². The number of rotatable bonds is 3. The number of hydrogen-bond acceptors (Lipinski definition) is 4. The molecule has 42 heavy (non-hydrogen) atoms. The highest BCUT2D eigenvalue weighted by atomic mass is 16.5. The minimum absolute atomic E-state index is 0.179. The van der Waals surface area contributed by atoms with Gasteiger partial charge >= 0.3 is 0 Å². The molecule has 4 aromatic carbocycles. The van der Waals surface area contributed by atoms with E-state index in [1.807, 2.05) is 12.4 Å². The summed E-state index contributed by atoms with van der Waals surface area (Å²) in [5.41, 5.74) is 8.58. The van der Waals surface area contributed by atoms with Crippen molar-refractivity contribution in [2.75, 3.05) is 0 Å². The van der Waals surface area contributed by atoms with Crippen LogP contribution in [0.3, 0.4) is 0 Å². The summed E-state index contributed by atoms with van der Waals surface area (Å²) in [5.74, 6) is 0. The SMILES string of the molecule is CC(C)(c1ccc2c(c1)c1cccc3c4cnoc4n2c13)C(C)(C)c1ccc2c(c1)c1cccc3c4cnoc4n2c13. The van der Waals surface area contributed by atoms with E-state index in [-0.39, 0.29) is 10.8 Å². The van der Waals surface area contributed by atoms with Gasteiger partial charge in [0, 0.05) is 32.3 Å². The third-order valence-corrected chi connectivity index (χ3v) is 10.7. The molecule has 0 spiro atoms. The first-order valence-corrected chi connectivity index (χ1v) is 14.4. The van der Waals surface area contributed by atoms with Crippen LogP contribution >= 0.6 is 0 Å². The molecule has 6 heteroatoms. The first-order valence-electron chi connectivity index (χ1n) is 14.4. The van der Waals surface area contributed by atoms with Crippen LogP contribution in [0.2, 0.25) is 0 Å². The number of hydrogen-bond donors (Lipinski definition) is 0. The Labute approximate surface area is 239 Å². The highest BCUT2D eigenvalue weighted by Crippen LogP contribution is 2.48. The van der Waals surface area contributed by atoms with Crippen LogP contribution in [0.25, 0.3) is 76.6 Å². The van der Waals surface area contributed by atoms with E-state index >= 15 is 0 Å². The predicted octanol–water partition coefficient (Wildman–Crippen LogP) is 9.22. The zero-order valence-corrected chi connectivity index (χ0v) is 23.7. The number of aromatic nitrogens is 4. The Kier molecular flexibility index (Phi) is 3.78. The van der Waals surface area contributed by atoms with Gasteiger partial charge in [0.1, 0.15) is 0 Å². The quantitative estimate of drug-likeness (QED) is 0.222. The maximum absolute atomic E-state index is 5.72. The molecule has 0 aliphatic carbocycles. The third kappa shape index (κ3) is 2.38. The molecule has 0 amide bonds. The largest absolute Gasteiger partial charge is 0.337 e. The fourth-order valence-electron chi connectivity index (χ4n) is 7.65. The molecular weight excluding hydrogens is 520 g/mol. The molecule has 0 bridgehead atoms. The lowest BCUT2D eigenvalue weighted by Gasteiger charge is -2.43. The van der Waals surface area contributed by atoms with Crippen molar-refractivity contribution >= 4 is 76.6 Å². The molecule has 6 nitrogen and oxygen atoms in total. The molecule has 0 saturated heterocycles. The van der Waals surface area contributed by atoms with Gasteiger partial charge < -0.3 is 9.05 Å². The van der Waals surface area contributed by atoms with Crippen molar-refractivity contribution in [3.8, 4) is 0 Å². The van der Waals surface area contributed by atoms with Crippen molar-refractivity contribution < 1.29 is 9.05 Å². The van der Waals surface area contributed by atoms with Gasteiger partial charge in [-0.1, -0.05) is 86.5 Å². The molecule has 0 radical (unpaired) electrons. The lowest BCUT2D eigenvalue weighted by molar-refractivity contribution is 0.303. The first-order chi connectivity index (χ1) is 20.4. The summed E-state index contributed by atoms with van der Waals surface area (Å²) in [6.07, 6.45) is 3.65. The Bertz CT molecular complexity index is 2510. The molecule has 10 aromatic rings. The number of para-hydroxylation sites is 2. The summed E-state index contributed by atoms with van der Waals surface area (Å²) in [6.45, 7) is 9.48. The molecule has 6 aromatic heterocycles. The minimum Gasteiger partial charge on any atom is -0.337 e. The minimum atomic E-state index is -0.179. The fourth-order valence-corrected chi connectivity index (χ4v) is 7.65. The molecular formula is C36H26N4O2. The van der Waals surface area contributed by atoms with Gasteiger partial charge in [-0.2, -0.15) is 0 Å². The summed E-state index contributed by atoms with van der Waals surface area (Å²) >= 11 is 0. The molecule has 202 valence electrons. The standard InChI is InChI=1S/C36H26N4O2/c1-35(2,19-11-13-29-25(15-19)21-7-5-9-23-27-17-37-41-33(27)39(29)31(21)23)36(3,4)20-12-14-30-26(16-20)22-8-6-10-24-28-18-38-42-34(28)40(30)32(22)24/h5-18H,1-4H3. The summed E-state index contributed by atoms with van der Waals surface area (Å²) in [6, 6.07) is 26.9. The molecule has 0 unspecified atom stereocenters. The first kappa shape index (κ1) is 22.6. The van der Waals surface area contributed by atoms with Crippen molar-refractivity contribution in [2.45, 2.75) is 38.5 Å². The maximum atomic E-state index is 5.72. The van der Waals surface area contributed by atoms with Gasteiger partial charge in [-0.05, 0) is 46.2 Å². The molecule has 0 fully saturated rings. The van der Waals surface area contributed by atoms with E-state index in [2.05, 4.69) is 120 Å². The summed E-state index contributed by atoms with van der Waals surface area (Å²) in [4.78, 5) is 0. The van der Waals surface area contributed by atoms with Crippen LogP contribution < -0.4 is 0 Å². The number of fused-ring (bicyclic) bond motifs is 12. The molecule has 6 heterocycles. The van der Waals surface area contributed by atoms with Gasteiger partial charge in [-0.15, -0.1) is 0 Å². The lowest BCUT2D eigenvalue weighted by atomic mass is 9.61. The van der Waals surface area contributed by atoms with Crippen molar-refractivity contribution in [2.24, 2.45) is 0 Å². The van der Waals surface area contributed by atoms with Gasteiger partial charge in [-0.25, -0.2) is 0 Å². The third-order valence-electron chi connectivity index (χ3n) is 10.7. The average Bonchev–Trinajstić information content (AvgIpc) is 3.82. The Morgan fingerprint density at radius 3 is 1.33 bits per heavy atom. The van der Waals surface area contributed by atoms with Crippen LogP contribution in [0.5, 0.6) is 0 Å². The van der Waals surface area contributed by atoms with Crippen molar-refractivity contribution in [1.82, 2.24) is 19.1 Å². The van der Waals surface area contributed by atoms with E-state index in [0.29, 0.717) is 0 Å². The van der Waals surface area contributed by atoms with Crippen LogP contribution in [0.1, 0.15) is 38.8 Å². The zero-order valence-electron chi connectivity index (χ0n) is 23.7. The summed E-state index contributed by atoms with van der Waals surface area (Å²) in [5, 5.41) is 17.6. The Hall–Kier alpha value is -5.10. The van der Waals surface area contributed by atoms with Gasteiger partial charge in [0.05, 0.1) is 45.2 Å². The van der Waals surface area contributed by atoms with Gasteiger partial charge in [-0.3, -0.25) is 8.80 Å². The average molecular weight is 547 g/mol. The highest BCUT2D eigenvalue weighted by molar-refractivity contribution is 6.23. The molecule has 0 aliphatic heterocycles. The van der Waals surface area contributed by atoms with Crippen LogP contribution in [0, 0.1) is 0 Å². The summed E-state index contributed by atoms with van der Waals surface area (Å²) in [7, 11) is 0. The van der Waals surface area contributed by atoms with Crippen LogP contribution in [-0.4, -0.2) is 19.1 Å². The molecule has 10 rings (SSSR count). The fraction of sp³-hybridized carbons (Fsp3) is 0.167. The maximum Gasteiger partial charge on any atom is 0.244 e. The van der Waals surface area contributed by atoms with E-state index in [9.17, 15) is 0 Å². The van der Waals surface area contributed by atoms with Crippen LogP contribution in [0.15, 0.2) is 94.2 Å². The summed E-state index contributed by atoms with van der Waals surface area (Å²) < 4.78 is 15.9. The number of benzene rings is 4. The topological polar surface area (TPSA) is 60.9 Å². The van der Waals surface area contributed by atoms with Crippen molar-refractivity contribution in [3.05, 3.63) is 96.3 Å². The predicted molar refractivity (Wildman–Crippen MR) is 168 cm³/mol. The Balaban J connectivity index is 1.17. The van der Waals surface area contributed by atoms with Gasteiger partial charge in [0.2, 0.25) is 11.4 Å². The lowest BCUT2D eigenvalue weighted by Crippen LogP contribution is -2.40. The van der Waals surface area contributed by atoms with E-state index in [1.165, 1.54) is 54.5 Å². The van der Waals surface area contributed by atoms with Crippen molar-refractivity contribution in [3.63, 3.8) is 0 Å². The molecule has 0 saturated carbocycles. The Morgan fingerprint density at radius 2 is 0.905 bits per heavy atom. The highest BCUT2D eigenvalue weighted by Gasteiger charge is 2.40. The molecule has 0 aliphatic rings. The second-order valence-corrected chi connectivity index (χ2v) is 12.9.